The van der Waals surface area contributed by atoms with Crippen molar-refractivity contribution < 1.29 is 4.79 Å². The van der Waals surface area contributed by atoms with E-state index in [2.05, 4.69) is 34.6 Å². The van der Waals surface area contributed by atoms with Crippen LogP contribution in [0.4, 0.5) is 4.79 Å². The van der Waals surface area contributed by atoms with E-state index in [1.165, 1.54) is 0 Å². The zero-order valence-corrected chi connectivity index (χ0v) is 7.76. The maximum atomic E-state index is 11.2. The van der Waals surface area contributed by atoms with Crippen LogP contribution in [0.15, 0.2) is 12.2 Å². The molecule has 1 rings (SSSR count). The van der Waals surface area contributed by atoms with Crippen LogP contribution in [0, 0.1) is 11.8 Å². The fourth-order valence-corrected chi connectivity index (χ4v) is 1.18. The van der Waals surface area contributed by atoms with Crippen molar-refractivity contribution in [1.29, 1.82) is 0 Å². The van der Waals surface area contributed by atoms with Gasteiger partial charge in [0.05, 0.1) is 6.54 Å². The predicted molar refractivity (Wildman–Crippen MR) is 52.1 cm³/mol. The summed E-state index contributed by atoms with van der Waals surface area (Å²) < 4.78 is 0. The molecule has 2 amide bonds. The van der Waals surface area contributed by atoms with Crippen LogP contribution in [0.1, 0.15) is 19.8 Å². The standard InChI is InChI=1S/C10H14N2O/c1-2-3-8-11-10(13)12-9-6-4-5-7-9/h4-5,9H,6-8H2,1H3,(H2,11,12,13). The molecule has 2 N–H and O–H groups in total. The second kappa shape index (κ2) is 5.26. The average molecular weight is 178 g/mol. The van der Waals surface area contributed by atoms with Crippen LogP contribution >= 0.6 is 0 Å². The molecule has 3 nitrogen and oxygen atoms in total. The molecular formula is C10H14N2O. The maximum Gasteiger partial charge on any atom is 0.315 e. The molecule has 0 fully saturated rings. The average Bonchev–Trinajstić information content (AvgIpc) is 2.57. The molecule has 0 aromatic rings. The monoisotopic (exact) mass is 178 g/mol. The van der Waals surface area contributed by atoms with E-state index in [0.717, 1.165) is 12.8 Å². The third kappa shape index (κ3) is 3.66. The number of urea groups is 1. The molecule has 1 aliphatic rings. The van der Waals surface area contributed by atoms with Crippen molar-refractivity contribution in [2.75, 3.05) is 6.54 Å². The molecule has 0 heterocycles. The summed E-state index contributed by atoms with van der Waals surface area (Å²) in [5.41, 5.74) is 0. The van der Waals surface area contributed by atoms with Crippen LogP contribution in [0.2, 0.25) is 0 Å². The Morgan fingerprint density at radius 3 is 2.85 bits per heavy atom. The highest BCUT2D eigenvalue weighted by Crippen LogP contribution is 2.08. The van der Waals surface area contributed by atoms with Gasteiger partial charge in [-0.05, 0) is 19.8 Å². The highest BCUT2D eigenvalue weighted by Gasteiger charge is 2.11. The minimum Gasteiger partial charge on any atom is -0.335 e. The van der Waals surface area contributed by atoms with Crippen LogP contribution in [-0.2, 0) is 0 Å². The van der Waals surface area contributed by atoms with Gasteiger partial charge in [-0.15, -0.1) is 5.92 Å². The van der Waals surface area contributed by atoms with E-state index < -0.39 is 0 Å². The molecule has 0 unspecified atom stereocenters. The lowest BCUT2D eigenvalue weighted by atomic mass is 10.2. The number of nitrogens with one attached hydrogen (secondary N) is 2. The highest BCUT2D eigenvalue weighted by molar-refractivity contribution is 5.74. The minimum absolute atomic E-state index is 0.128. The smallest absolute Gasteiger partial charge is 0.315 e. The lowest BCUT2D eigenvalue weighted by Gasteiger charge is -2.11. The van der Waals surface area contributed by atoms with Crippen molar-refractivity contribution in [3.8, 4) is 11.8 Å². The Labute approximate surface area is 78.6 Å². The summed E-state index contributed by atoms with van der Waals surface area (Å²) in [6.45, 7) is 2.17. The number of rotatable bonds is 2. The van der Waals surface area contributed by atoms with Gasteiger partial charge in [0.25, 0.3) is 0 Å². The van der Waals surface area contributed by atoms with E-state index in [1.807, 2.05) is 0 Å². The molecule has 0 saturated carbocycles. The summed E-state index contributed by atoms with van der Waals surface area (Å²) in [4.78, 5) is 11.2. The number of carbonyl (C=O) groups excluding carboxylic acids is 1. The molecule has 0 spiro atoms. The molecule has 0 saturated heterocycles. The van der Waals surface area contributed by atoms with Crippen LogP contribution < -0.4 is 10.6 Å². The summed E-state index contributed by atoms with van der Waals surface area (Å²) in [5, 5.41) is 5.52. The second-order valence-electron chi connectivity index (χ2n) is 2.89. The molecule has 0 atom stereocenters. The van der Waals surface area contributed by atoms with Gasteiger partial charge >= 0.3 is 6.03 Å². The lowest BCUT2D eigenvalue weighted by Crippen LogP contribution is -2.41. The van der Waals surface area contributed by atoms with E-state index in [9.17, 15) is 4.79 Å². The Balaban J connectivity index is 2.12. The van der Waals surface area contributed by atoms with E-state index in [1.54, 1.807) is 6.92 Å². The Morgan fingerprint density at radius 2 is 2.23 bits per heavy atom. The quantitative estimate of drug-likeness (QED) is 0.481. The summed E-state index contributed by atoms with van der Waals surface area (Å²) in [7, 11) is 0. The van der Waals surface area contributed by atoms with Crippen molar-refractivity contribution in [3.05, 3.63) is 12.2 Å². The fourth-order valence-electron chi connectivity index (χ4n) is 1.18. The molecular weight excluding hydrogens is 164 g/mol. The van der Waals surface area contributed by atoms with Crippen molar-refractivity contribution in [2.24, 2.45) is 0 Å². The summed E-state index contributed by atoms with van der Waals surface area (Å²) in [6, 6.07) is 0.144. The van der Waals surface area contributed by atoms with Gasteiger partial charge in [-0.25, -0.2) is 4.79 Å². The Morgan fingerprint density at radius 1 is 1.54 bits per heavy atom. The van der Waals surface area contributed by atoms with Gasteiger partial charge in [0, 0.05) is 6.04 Å². The SMILES string of the molecule is CC#CCNC(=O)NC1CC=CC1. The first-order valence-electron chi connectivity index (χ1n) is 4.42. The van der Waals surface area contributed by atoms with Crippen LogP contribution in [0.3, 0.4) is 0 Å². The summed E-state index contributed by atoms with van der Waals surface area (Å²) >= 11 is 0. The minimum atomic E-state index is -0.128. The first kappa shape index (κ1) is 9.66. The molecule has 13 heavy (non-hydrogen) atoms. The molecule has 0 bridgehead atoms. The molecule has 3 heteroatoms. The molecule has 0 aromatic carbocycles. The van der Waals surface area contributed by atoms with Gasteiger partial charge in [0.1, 0.15) is 0 Å². The predicted octanol–water partition coefficient (Wildman–Crippen LogP) is 1.03. The zero-order valence-electron chi connectivity index (χ0n) is 7.76. The zero-order chi connectivity index (χ0) is 9.52. The summed E-state index contributed by atoms with van der Waals surface area (Å²) in [6.07, 6.45) is 6.04. The van der Waals surface area contributed by atoms with Crippen molar-refractivity contribution in [2.45, 2.75) is 25.8 Å². The Bertz CT molecular complexity index is 252. The number of carbonyl (C=O) groups is 1. The molecule has 70 valence electrons. The Hall–Kier alpha value is -1.43. The van der Waals surface area contributed by atoms with Gasteiger partial charge in [0.15, 0.2) is 0 Å². The third-order valence-corrected chi connectivity index (χ3v) is 1.86. The van der Waals surface area contributed by atoms with E-state index >= 15 is 0 Å². The lowest BCUT2D eigenvalue weighted by molar-refractivity contribution is 0.238. The molecule has 0 radical (unpaired) electrons. The number of hydrogen-bond donors (Lipinski definition) is 2. The largest absolute Gasteiger partial charge is 0.335 e. The van der Waals surface area contributed by atoms with Crippen molar-refractivity contribution in [3.63, 3.8) is 0 Å². The first-order chi connectivity index (χ1) is 6.33. The summed E-state index contributed by atoms with van der Waals surface area (Å²) in [5.74, 6) is 5.48. The highest BCUT2D eigenvalue weighted by atomic mass is 16.2. The number of hydrogen-bond acceptors (Lipinski definition) is 1. The second-order valence-corrected chi connectivity index (χ2v) is 2.89. The van der Waals surface area contributed by atoms with Gasteiger partial charge < -0.3 is 10.6 Å². The topological polar surface area (TPSA) is 41.1 Å². The Kier molecular flexibility index (Phi) is 3.90. The normalized spacial score (nSPS) is 14.8. The van der Waals surface area contributed by atoms with E-state index in [-0.39, 0.29) is 12.1 Å². The number of amides is 2. The van der Waals surface area contributed by atoms with Gasteiger partial charge in [0.2, 0.25) is 0 Å². The van der Waals surface area contributed by atoms with Crippen LogP contribution in [-0.4, -0.2) is 18.6 Å². The van der Waals surface area contributed by atoms with Crippen molar-refractivity contribution >= 4 is 6.03 Å². The molecule has 0 aromatic heterocycles. The molecule has 1 aliphatic carbocycles. The van der Waals surface area contributed by atoms with Crippen LogP contribution in [0.25, 0.3) is 0 Å². The maximum absolute atomic E-state index is 11.2. The van der Waals surface area contributed by atoms with Gasteiger partial charge in [-0.1, -0.05) is 18.1 Å². The third-order valence-electron chi connectivity index (χ3n) is 1.86. The first-order valence-corrected chi connectivity index (χ1v) is 4.42. The van der Waals surface area contributed by atoms with Crippen LogP contribution in [0.5, 0.6) is 0 Å². The molecule has 0 aliphatic heterocycles. The van der Waals surface area contributed by atoms with E-state index in [4.69, 9.17) is 0 Å². The van der Waals surface area contributed by atoms with Crippen molar-refractivity contribution in [1.82, 2.24) is 10.6 Å². The van der Waals surface area contributed by atoms with Gasteiger partial charge in [-0.3, -0.25) is 0 Å². The van der Waals surface area contributed by atoms with Gasteiger partial charge in [-0.2, -0.15) is 0 Å². The fraction of sp³-hybridized carbons (Fsp3) is 0.500. The van der Waals surface area contributed by atoms with E-state index in [0.29, 0.717) is 6.54 Å².